The van der Waals surface area contributed by atoms with Crippen molar-refractivity contribution >= 4 is 23.6 Å². The Balaban J connectivity index is 2.07. The Bertz CT molecular complexity index is 527. The average Bonchev–Trinajstić information content (AvgIpc) is 2.82. The Morgan fingerprint density at radius 3 is 2.52 bits per heavy atom. The minimum absolute atomic E-state index is 0.169. The Hall–Kier alpha value is -1.55. The molecule has 2 rings (SSSR count). The quantitative estimate of drug-likeness (QED) is 0.855. The van der Waals surface area contributed by atoms with Gasteiger partial charge in [-0.1, -0.05) is 44.5 Å². The molecule has 0 bridgehead atoms. The topological polar surface area (TPSA) is 46.6 Å². The third-order valence-corrected chi connectivity index (χ3v) is 4.04. The molecule has 0 unspecified atom stereocenters. The number of carbonyl (C=O) groups is 2. The van der Waals surface area contributed by atoms with Crippen LogP contribution in [0.25, 0.3) is 0 Å². The summed E-state index contributed by atoms with van der Waals surface area (Å²) in [7, 11) is 0. The Morgan fingerprint density at radius 1 is 1.33 bits per heavy atom. The maximum Gasteiger partial charge on any atom is 0.416 e. The lowest BCUT2D eigenvalue weighted by Crippen LogP contribution is -2.44. The summed E-state index contributed by atoms with van der Waals surface area (Å²) in [6, 6.07) is 7.23. The molecule has 2 atom stereocenters. The van der Waals surface area contributed by atoms with Gasteiger partial charge in [-0.05, 0) is 30.0 Å². The molecule has 1 heterocycles. The second-order valence-electron chi connectivity index (χ2n) is 5.83. The fourth-order valence-electron chi connectivity index (χ4n) is 2.48. The molecule has 0 spiro atoms. The van der Waals surface area contributed by atoms with Crippen molar-refractivity contribution in [2.24, 2.45) is 11.8 Å². The molecule has 5 heteroatoms. The lowest BCUT2D eigenvalue weighted by Gasteiger charge is -2.25. The zero-order valence-corrected chi connectivity index (χ0v) is 13.3. The predicted octanol–water partition coefficient (Wildman–Crippen LogP) is 3.52. The van der Waals surface area contributed by atoms with Crippen LogP contribution in [0, 0.1) is 11.8 Å². The first-order valence-corrected chi connectivity index (χ1v) is 7.52. The predicted molar refractivity (Wildman–Crippen MR) is 81.1 cm³/mol. The van der Waals surface area contributed by atoms with Crippen LogP contribution in [0.3, 0.4) is 0 Å². The normalized spacial score (nSPS) is 19.8. The smallest absolute Gasteiger partial charge is 0.416 e. The zero-order valence-electron chi connectivity index (χ0n) is 12.5. The van der Waals surface area contributed by atoms with Gasteiger partial charge >= 0.3 is 6.09 Å². The van der Waals surface area contributed by atoms with E-state index in [1.54, 1.807) is 12.1 Å². The van der Waals surface area contributed by atoms with Gasteiger partial charge in [0.1, 0.15) is 6.61 Å². The van der Waals surface area contributed by atoms with Gasteiger partial charge in [-0.3, -0.25) is 4.79 Å². The first-order valence-electron chi connectivity index (χ1n) is 7.14. The van der Waals surface area contributed by atoms with Crippen molar-refractivity contribution in [3.05, 3.63) is 34.9 Å². The number of hydrogen-bond acceptors (Lipinski definition) is 3. The van der Waals surface area contributed by atoms with E-state index in [0.717, 1.165) is 5.56 Å². The number of halogens is 1. The summed E-state index contributed by atoms with van der Waals surface area (Å²) in [5.74, 6) is -0.271. The van der Waals surface area contributed by atoms with Crippen LogP contribution >= 0.6 is 11.6 Å². The van der Waals surface area contributed by atoms with Crippen molar-refractivity contribution < 1.29 is 14.3 Å². The average molecular weight is 310 g/mol. The summed E-state index contributed by atoms with van der Waals surface area (Å²) >= 11 is 5.85. The molecule has 1 fully saturated rings. The number of carbonyl (C=O) groups excluding carboxylic acids is 2. The van der Waals surface area contributed by atoms with E-state index in [4.69, 9.17) is 16.3 Å². The van der Waals surface area contributed by atoms with Crippen molar-refractivity contribution in [1.82, 2.24) is 4.90 Å². The standard InChI is InChI=1S/C16H20ClNO3/c1-10(2)14-9-21-16(20)18(14)15(19)11(3)8-12-4-6-13(17)7-5-12/h4-7,10-11,14H,8-9H2,1-3H3/t11-,14+/m0/s1. The lowest BCUT2D eigenvalue weighted by molar-refractivity contribution is -0.133. The molecular weight excluding hydrogens is 290 g/mol. The van der Waals surface area contributed by atoms with E-state index in [-0.39, 0.29) is 30.4 Å². The summed E-state index contributed by atoms with van der Waals surface area (Å²) in [5, 5.41) is 0.667. The fraction of sp³-hybridized carbons (Fsp3) is 0.500. The fourth-order valence-corrected chi connectivity index (χ4v) is 2.60. The molecule has 0 saturated carbocycles. The van der Waals surface area contributed by atoms with E-state index in [1.165, 1.54) is 4.90 Å². The number of ether oxygens (including phenoxy) is 1. The van der Waals surface area contributed by atoms with E-state index in [9.17, 15) is 9.59 Å². The van der Waals surface area contributed by atoms with Gasteiger partial charge in [0.2, 0.25) is 5.91 Å². The van der Waals surface area contributed by atoms with E-state index < -0.39 is 6.09 Å². The van der Waals surface area contributed by atoms with Gasteiger partial charge in [0.25, 0.3) is 0 Å². The highest BCUT2D eigenvalue weighted by Gasteiger charge is 2.40. The number of cyclic esters (lactones) is 1. The second-order valence-corrected chi connectivity index (χ2v) is 6.26. The molecule has 0 radical (unpaired) electrons. The van der Waals surface area contributed by atoms with Crippen molar-refractivity contribution in [1.29, 1.82) is 0 Å². The van der Waals surface area contributed by atoms with Crippen LogP contribution in [0.4, 0.5) is 4.79 Å². The highest BCUT2D eigenvalue weighted by Crippen LogP contribution is 2.23. The molecule has 1 saturated heterocycles. The van der Waals surface area contributed by atoms with Crippen molar-refractivity contribution in [2.45, 2.75) is 33.2 Å². The number of benzene rings is 1. The Morgan fingerprint density at radius 2 is 1.95 bits per heavy atom. The molecule has 0 N–H and O–H groups in total. The van der Waals surface area contributed by atoms with Gasteiger partial charge in [0, 0.05) is 10.9 Å². The number of imide groups is 1. The first-order chi connectivity index (χ1) is 9.90. The van der Waals surface area contributed by atoms with Gasteiger partial charge in [0.15, 0.2) is 0 Å². The van der Waals surface area contributed by atoms with Crippen molar-refractivity contribution in [3.8, 4) is 0 Å². The molecule has 2 amide bonds. The van der Waals surface area contributed by atoms with Gasteiger partial charge in [-0.25, -0.2) is 9.69 Å². The second kappa shape index (κ2) is 6.48. The Kier molecular flexibility index (Phi) is 4.88. The minimum Gasteiger partial charge on any atom is -0.447 e. The van der Waals surface area contributed by atoms with Gasteiger partial charge in [-0.15, -0.1) is 0 Å². The van der Waals surface area contributed by atoms with Gasteiger partial charge in [0.05, 0.1) is 6.04 Å². The van der Waals surface area contributed by atoms with Crippen LogP contribution in [0.5, 0.6) is 0 Å². The van der Waals surface area contributed by atoms with Gasteiger partial charge in [-0.2, -0.15) is 0 Å². The maximum atomic E-state index is 12.5. The van der Waals surface area contributed by atoms with Crippen LogP contribution in [0.2, 0.25) is 5.02 Å². The van der Waals surface area contributed by atoms with Gasteiger partial charge < -0.3 is 4.74 Å². The summed E-state index contributed by atoms with van der Waals surface area (Å²) in [6.07, 6.45) is 0.0478. The Labute approximate surface area is 130 Å². The minimum atomic E-state index is -0.526. The van der Waals surface area contributed by atoms with Crippen LogP contribution < -0.4 is 0 Å². The van der Waals surface area contributed by atoms with E-state index in [2.05, 4.69) is 0 Å². The molecule has 1 aliphatic heterocycles. The van der Waals surface area contributed by atoms with Crippen LogP contribution in [-0.2, 0) is 16.0 Å². The molecule has 0 aliphatic carbocycles. The number of rotatable bonds is 4. The molecular formula is C16H20ClNO3. The van der Waals surface area contributed by atoms with Crippen LogP contribution in [-0.4, -0.2) is 29.5 Å². The third kappa shape index (κ3) is 3.56. The van der Waals surface area contributed by atoms with E-state index in [0.29, 0.717) is 11.4 Å². The summed E-state index contributed by atoms with van der Waals surface area (Å²) in [6.45, 7) is 6.09. The third-order valence-electron chi connectivity index (χ3n) is 3.79. The summed E-state index contributed by atoms with van der Waals surface area (Å²) in [4.78, 5) is 25.6. The largest absolute Gasteiger partial charge is 0.447 e. The first kappa shape index (κ1) is 15.8. The molecule has 4 nitrogen and oxygen atoms in total. The van der Waals surface area contributed by atoms with E-state index in [1.807, 2.05) is 32.9 Å². The summed E-state index contributed by atoms with van der Waals surface area (Å²) < 4.78 is 5.03. The number of nitrogens with zero attached hydrogens (tertiary/aromatic N) is 1. The highest BCUT2D eigenvalue weighted by atomic mass is 35.5. The molecule has 1 aromatic carbocycles. The highest BCUT2D eigenvalue weighted by molar-refractivity contribution is 6.30. The van der Waals surface area contributed by atoms with Crippen LogP contribution in [0.1, 0.15) is 26.3 Å². The number of hydrogen-bond donors (Lipinski definition) is 0. The van der Waals surface area contributed by atoms with E-state index >= 15 is 0 Å². The SMILES string of the molecule is CC(C)[C@H]1COC(=O)N1C(=O)[C@@H](C)Cc1ccc(Cl)cc1. The molecule has 21 heavy (non-hydrogen) atoms. The van der Waals surface area contributed by atoms with Crippen molar-refractivity contribution in [2.75, 3.05) is 6.61 Å². The molecule has 114 valence electrons. The molecule has 1 aromatic rings. The van der Waals surface area contributed by atoms with Crippen LogP contribution in [0.15, 0.2) is 24.3 Å². The molecule has 0 aromatic heterocycles. The zero-order chi connectivity index (χ0) is 15.6. The van der Waals surface area contributed by atoms with Crippen molar-refractivity contribution in [3.63, 3.8) is 0 Å². The summed E-state index contributed by atoms with van der Waals surface area (Å²) in [5.41, 5.74) is 1.02. The maximum absolute atomic E-state index is 12.5. The number of amides is 2. The monoisotopic (exact) mass is 309 g/mol. The lowest BCUT2D eigenvalue weighted by atomic mass is 9.97. The molecule has 1 aliphatic rings.